The summed E-state index contributed by atoms with van der Waals surface area (Å²) in [6, 6.07) is 5.38. The van der Waals surface area contributed by atoms with E-state index >= 15 is 0 Å². The molecule has 2 atom stereocenters. The molecule has 1 saturated carbocycles. The Balaban J connectivity index is 1.99. The van der Waals surface area contributed by atoms with Crippen molar-refractivity contribution in [2.24, 2.45) is 0 Å². The van der Waals surface area contributed by atoms with Gasteiger partial charge >= 0.3 is 0 Å². The number of aryl methyl sites for hydroxylation is 1. The van der Waals surface area contributed by atoms with Crippen molar-refractivity contribution in [3.05, 3.63) is 39.4 Å². The van der Waals surface area contributed by atoms with Gasteiger partial charge in [0.1, 0.15) is 0 Å². The number of rotatable bonds is 4. The lowest BCUT2D eigenvalue weighted by atomic mass is 9.92. The first-order chi connectivity index (χ1) is 9.08. The van der Waals surface area contributed by atoms with E-state index in [2.05, 4.69) is 5.32 Å². The summed E-state index contributed by atoms with van der Waals surface area (Å²) in [6.45, 7) is 2.29. The molecule has 5 nitrogen and oxygen atoms in total. The van der Waals surface area contributed by atoms with Crippen LogP contribution in [0.15, 0.2) is 18.2 Å². The minimum absolute atomic E-state index is 0.106. The third kappa shape index (κ3) is 3.52. The van der Waals surface area contributed by atoms with Gasteiger partial charge in [0.05, 0.1) is 11.0 Å². The van der Waals surface area contributed by atoms with E-state index in [0.29, 0.717) is 12.1 Å². The van der Waals surface area contributed by atoms with E-state index in [1.165, 1.54) is 0 Å². The topological polar surface area (TPSA) is 75.4 Å². The summed E-state index contributed by atoms with van der Waals surface area (Å²) in [6.07, 6.45) is 3.72. The van der Waals surface area contributed by atoms with Crippen LogP contribution in [0.3, 0.4) is 0 Å². The van der Waals surface area contributed by atoms with Crippen molar-refractivity contribution in [3.63, 3.8) is 0 Å². The maximum atomic E-state index is 10.9. The molecule has 0 spiro atoms. The second-order valence-corrected chi connectivity index (χ2v) is 5.22. The van der Waals surface area contributed by atoms with E-state index < -0.39 is 0 Å². The van der Waals surface area contributed by atoms with Crippen LogP contribution in [-0.4, -0.2) is 22.2 Å². The summed E-state index contributed by atoms with van der Waals surface area (Å²) < 4.78 is 0. The zero-order valence-electron chi connectivity index (χ0n) is 11.1. The van der Waals surface area contributed by atoms with Crippen LogP contribution in [0.4, 0.5) is 5.69 Å². The first kappa shape index (κ1) is 14.0. The number of nitro benzene ring substituents is 1. The third-order valence-electron chi connectivity index (χ3n) is 3.77. The van der Waals surface area contributed by atoms with Crippen molar-refractivity contribution >= 4 is 5.69 Å². The smallest absolute Gasteiger partial charge is 0.272 e. The highest BCUT2D eigenvalue weighted by atomic mass is 16.6. The summed E-state index contributed by atoms with van der Waals surface area (Å²) in [5.41, 5.74) is 1.71. The summed E-state index contributed by atoms with van der Waals surface area (Å²) in [7, 11) is 0. The lowest BCUT2D eigenvalue weighted by molar-refractivity contribution is -0.385. The van der Waals surface area contributed by atoms with Crippen molar-refractivity contribution in [3.8, 4) is 0 Å². The predicted molar refractivity (Wildman–Crippen MR) is 72.9 cm³/mol. The molecule has 1 aliphatic carbocycles. The molecule has 2 N–H and O–H groups in total. The standard InChI is InChI=1S/C14H20N2O3/c1-10-6-7-11(8-13(10)16(18)19)9-15-12-4-2-3-5-14(12)17/h6-8,12,14-15,17H,2-5,9H2,1H3. The molecule has 1 aromatic carbocycles. The number of hydrogen-bond acceptors (Lipinski definition) is 4. The number of nitro groups is 1. The van der Waals surface area contributed by atoms with Crippen molar-refractivity contribution in [2.75, 3.05) is 0 Å². The van der Waals surface area contributed by atoms with Crippen molar-refractivity contribution in [1.29, 1.82) is 0 Å². The van der Waals surface area contributed by atoms with E-state index in [4.69, 9.17) is 0 Å². The molecular weight excluding hydrogens is 244 g/mol. The van der Waals surface area contributed by atoms with Gasteiger partial charge in [0.2, 0.25) is 0 Å². The Labute approximate surface area is 112 Å². The molecule has 0 amide bonds. The van der Waals surface area contributed by atoms with Gasteiger partial charge in [-0.2, -0.15) is 0 Å². The SMILES string of the molecule is Cc1ccc(CNC2CCCCC2O)cc1[N+](=O)[O-]. The molecule has 0 saturated heterocycles. The van der Waals surface area contributed by atoms with Gasteiger partial charge in [0.25, 0.3) is 5.69 Å². The third-order valence-corrected chi connectivity index (χ3v) is 3.77. The molecule has 0 aliphatic heterocycles. The lowest BCUT2D eigenvalue weighted by Gasteiger charge is -2.28. The Morgan fingerprint density at radius 3 is 2.84 bits per heavy atom. The molecule has 0 aromatic heterocycles. The highest BCUT2D eigenvalue weighted by Gasteiger charge is 2.22. The highest BCUT2D eigenvalue weighted by Crippen LogP contribution is 2.21. The second kappa shape index (κ2) is 6.12. The lowest BCUT2D eigenvalue weighted by Crippen LogP contribution is -2.41. The molecule has 1 fully saturated rings. The number of nitrogens with one attached hydrogen (secondary N) is 1. The second-order valence-electron chi connectivity index (χ2n) is 5.22. The average molecular weight is 264 g/mol. The first-order valence-electron chi connectivity index (χ1n) is 6.73. The van der Waals surface area contributed by atoms with Crippen LogP contribution < -0.4 is 5.32 Å². The molecule has 2 unspecified atom stereocenters. The van der Waals surface area contributed by atoms with Crippen LogP contribution in [0.1, 0.15) is 36.8 Å². The molecule has 1 aliphatic rings. The zero-order valence-corrected chi connectivity index (χ0v) is 11.1. The Morgan fingerprint density at radius 2 is 2.16 bits per heavy atom. The normalized spacial score (nSPS) is 23.3. The molecular formula is C14H20N2O3. The summed E-state index contributed by atoms with van der Waals surface area (Å²) in [5, 5.41) is 24.0. The molecule has 5 heteroatoms. The summed E-state index contributed by atoms with van der Waals surface area (Å²) in [4.78, 5) is 10.5. The van der Waals surface area contributed by atoms with Crippen LogP contribution in [-0.2, 0) is 6.54 Å². The molecule has 0 bridgehead atoms. The number of aliphatic hydroxyl groups excluding tert-OH is 1. The molecule has 2 rings (SSSR count). The van der Waals surface area contributed by atoms with Crippen LogP contribution >= 0.6 is 0 Å². The van der Waals surface area contributed by atoms with Gasteiger partial charge in [-0.3, -0.25) is 10.1 Å². The van der Waals surface area contributed by atoms with Gasteiger partial charge in [-0.25, -0.2) is 0 Å². The first-order valence-corrected chi connectivity index (χ1v) is 6.73. The van der Waals surface area contributed by atoms with Crippen LogP contribution in [0, 0.1) is 17.0 Å². The van der Waals surface area contributed by atoms with Crippen LogP contribution in [0.5, 0.6) is 0 Å². The van der Waals surface area contributed by atoms with Crippen LogP contribution in [0.2, 0.25) is 0 Å². The molecule has 1 aromatic rings. The molecule has 104 valence electrons. The number of nitrogens with zero attached hydrogens (tertiary/aromatic N) is 1. The molecule has 19 heavy (non-hydrogen) atoms. The van der Waals surface area contributed by atoms with Gasteiger partial charge in [-0.15, -0.1) is 0 Å². The molecule has 0 radical (unpaired) electrons. The Morgan fingerprint density at radius 1 is 1.42 bits per heavy atom. The summed E-state index contributed by atoms with van der Waals surface area (Å²) in [5.74, 6) is 0. The summed E-state index contributed by atoms with van der Waals surface area (Å²) >= 11 is 0. The maximum absolute atomic E-state index is 10.9. The van der Waals surface area contributed by atoms with E-state index in [0.717, 1.165) is 31.2 Å². The predicted octanol–water partition coefficient (Wildman–Crippen LogP) is 2.30. The quantitative estimate of drug-likeness (QED) is 0.646. The minimum Gasteiger partial charge on any atom is -0.392 e. The van der Waals surface area contributed by atoms with Gasteiger partial charge in [0.15, 0.2) is 0 Å². The van der Waals surface area contributed by atoms with Gasteiger partial charge < -0.3 is 10.4 Å². The van der Waals surface area contributed by atoms with Crippen molar-refractivity contribution in [1.82, 2.24) is 5.32 Å². The van der Waals surface area contributed by atoms with Gasteiger partial charge in [-0.05, 0) is 25.3 Å². The van der Waals surface area contributed by atoms with E-state index in [9.17, 15) is 15.2 Å². The largest absolute Gasteiger partial charge is 0.392 e. The van der Waals surface area contributed by atoms with Gasteiger partial charge in [-0.1, -0.05) is 25.0 Å². The number of aliphatic hydroxyl groups is 1. The van der Waals surface area contributed by atoms with Crippen LogP contribution in [0.25, 0.3) is 0 Å². The average Bonchev–Trinajstić information content (AvgIpc) is 2.39. The Hall–Kier alpha value is -1.46. The maximum Gasteiger partial charge on any atom is 0.272 e. The fourth-order valence-corrected chi connectivity index (χ4v) is 2.56. The monoisotopic (exact) mass is 264 g/mol. The number of hydrogen-bond donors (Lipinski definition) is 2. The highest BCUT2D eigenvalue weighted by molar-refractivity contribution is 5.42. The molecule has 0 heterocycles. The van der Waals surface area contributed by atoms with E-state index in [1.54, 1.807) is 19.1 Å². The zero-order chi connectivity index (χ0) is 13.8. The minimum atomic E-state index is -0.353. The van der Waals surface area contributed by atoms with E-state index in [-0.39, 0.29) is 22.8 Å². The number of benzene rings is 1. The van der Waals surface area contributed by atoms with Gasteiger partial charge in [0, 0.05) is 24.2 Å². The van der Waals surface area contributed by atoms with Crippen molar-refractivity contribution in [2.45, 2.75) is 51.3 Å². The Kier molecular flexibility index (Phi) is 4.50. The Bertz CT molecular complexity index is 462. The fourth-order valence-electron chi connectivity index (χ4n) is 2.56. The fraction of sp³-hybridized carbons (Fsp3) is 0.571. The van der Waals surface area contributed by atoms with Crippen molar-refractivity contribution < 1.29 is 10.0 Å². The van der Waals surface area contributed by atoms with E-state index in [1.807, 2.05) is 6.07 Å².